The maximum atomic E-state index is 12.0. The molecule has 5 rings (SSSR count). The number of piperazine rings is 2. The lowest BCUT2D eigenvalue weighted by molar-refractivity contribution is -0.120. The minimum Gasteiger partial charge on any atom is -0.497 e. The Hall–Kier alpha value is -3.09. The van der Waals surface area contributed by atoms with Crippen molar-refractivity contribution in [3.8, 4) is 11.7 Å². The molecule has 12 heteroatoms. The first-order chi connectivity index (χ1) is 18.0. The number of nitrogens with one attached hydrogen (secondary N) is 2. The molecule has 3 atom stereocenters. The number of benzene rings is 1. The van der Waals surface area contributed by atoms with Crippen molar-refractivity contribution >= 4 is 23.3 Å². The van der Waals surface area contributed by atoms with Crippen molar-refractivity contribution in [2.45, 2.75) is 25.2 Å². The highest BCUT2D eigenvalue weighted by Gasteiger charge is 2.48. The van der Waals surface area contributed by atoms with Crippen LogP contribution in [-0.4, -0.2) is 88.9 Å². The molecular weight excluding hydrogens is 494 g/mol. The number of imidazole rings is 1. The average molecular weight is 527 g/mol. The van der Waals surface area contributed by atoms with E-state index in [4.69, 9.17) is 27.1 Å². The largest absolute Gasteiger partial charge is 0.497 e. The summed E-state index contributed by atoms with van der Waals surface area (Å²) < 4.78 is 7.68. The third-order valence-electron chi connectivity index (χ3n) is 7.29. The third-order valence-corrected chi connectivity index (χ3v) is 7.48. The summed E-state index contributed by atoms with van der Waals surface area (Å²) in [6.45, 7) is 5.32. The molecule has 4 heterocycles. The summed E-state index contributed by atoms with van der Waals surface area (Å²) in [7, 11) is 1.67. The lowest BCUT2D eigenvalue weighted by atomic mass is 10.0. The first-order valence-electron chi connectivity index (χ1n) is 12.5. The first kappa shape index (κ1) is 25.6. The molecule has 2 saturated heterocycles. The van der Waals surface area contributed by atoms with Crippen molar-refractivity contribution in [3.05, 3.63) is 59.8 Å². The molecule has 0 aliphatic carbocycles. The van der Waals surface area contributed by atoms with Gasteiger partial charge in [-0.25, -0.2) is 9.88 Å². The second-order valence-electron chi connectivity index (χ2n) is 9.53. The van der Waals surface area contributed by atoms with Crippen molar-refractivity contribution in [1.29, 1.82) is 0 Å². The molecule has 4 N–H and O–H groups in total. The van der Waals surface area contributed by atoms with Gasteiger partial charge in [0.25, 0.3) is 0 Å². The highest BCUT2D eigenvalue weighted by Crippen LogP contribution is 2.34. The zero-order chi connectivity index (χ0) is 25.8. The van der Waals surface area contributed by atoms with E-state index in [1.807, 2.05) is 18.2 Å². The second kappa shape index (κ2) is 11.1. The molecule has 0 spiro atoms. The number of carbonyl (C=O) groups excluding carboxylic acids is 1. The minimum absolute atomic E-state index is 0.0103. The number of carbonyl (C=O) groups is 1. The van der Waals surface area contributed by atoms with Gasteiger partial charge in [0, 0.05) is 56.6 Å². The minimum atomic E-state index is -0.303. The average Bonchev–Trinajstić information content (AvgIpc) is 3.45. The number of primary amides is 1. The van der Waals surface area contributed by atoms with Crippen molar-refractivity contribution in [1.82, 2.24) is 39.5 Å². The molecule has 3 aromatic rings. The predicted octanol–water partition coefficient (Wildman–Crippen LogP) is 0.910. The Bertz CT molecular complexity index is 1210. The van der Waals surface area contributed by atoms with Crippen LogP contribution in [0.25, 0.3) is 5.95 Å². The van der Waals surface area contributed by atoms with Crippen LogP contribution in [-0.2, 0) is 11.3 Å². The predicted molar refractivity (Wildman–Crippen MR) is 141 cm³/mol. The lowest BCUT2D eigenvalue weighted by Crippen LogP contribution is -2.74. The monoisotopic (exact) mass is 526 g/mol. The van der Waals surface area contributed by atoms with E-state index in [0.29, 0.717) is 28.7 Å². The molecule has 37 heavy (non-hydrogen) atoms. The standard InChI is InChI=1S/C25H32ClN9O2/c1-37-20-4-2-18(3-5-20)16-35(23-13-21(26)31-25(32-23)33-9-6-30-17-33)11-8-29-15-24(35)34-10-7-28-14-19(34)12-22(27)36/h2-6,9,13,17,19,24,28-29H,7-8,10-12,14-16H2,1H3,(H-,27,36)/p+1. The number of methoxy groups -OCH3 is 1. The number of amides is 1. The number of aromatic nitrogens is 4. The maximum Gasteiger partial charge on any atom is 0.241 e. The van der Waals surface area contributed by atoms with Gasteiger partial charge in [-0.15, -0.1) is 0 Å². The Morgan fingerprint density at radius 1 is 1.22 bits per heavy atom. The summed E-state index contributed by atoms with van der Waals surface area (Å²) in [6, 6.07) is 10.00. The summed E-state index contributed by atoms with van der Waals surface area (Å²) in [5.74, 6) is 1.80. The smallest absolute Gasteiger partial charge is 0.241 e. The van der Waals surface area contributed by atoms with E-state index < -0.39 is 0 Å². The fourth-order valence-corrected chi connectivity index (χ4v) is 5.70. The molecular formula is C25H33ClN9O2+. The summed E-state index contributed by atoms with van der Waals surface area (Å²) >= 11 is 6.61. The van der Waals surface area contributed by atoms with Gasteiger partial charge in [-0.3, -0.25) is 13.8 Å². The zero-order valence-corrected chi connectivity index (χ0v) is 21.6. The lowest BCUT2D eigenvalue weighted by Gasteiger charge is -2.53. The quantitative estimate of drug-likeness (QED) is 0.292. The van der Waals surface area contributed by atoms with Gasteiger partial charge in [0.05, 0.1) is 26.3 Å². The van der Waals surface area contributed by atoms with E-state index >= 15 is 0 Å². The number of nitrogens with zero attached hydrogens (tertiary/aromatic N) is 6. The molecule has 1 aromatic carbocycles. The highest BCUT2D eigenvalue weighted by atomic mass is 35.5. The molecule has 2 aromatic heterocycles. The van der Waals surface area contributed by atoms with Crippen LogP contribution in [0.3, 0.4) is 0 Å². The topological polar surface area (TPSA) is 123 Å². The van der Waals surface area contributed by atoms with Crippen LogP contribution in [0.4, 0.5) is 5.82 Å². The Balaban J connectivity index is 1.63. The molecule has 196 valence electrons. The second-order valence-corrected chi connectivity index (χ2v) is 9.92. The number of quaternary nitrogens is 1. The van der Waals surface area contributed by atoms with Crippen LogP contribution < -0.4 is 25.6 Å². The van der Waals surface area contributed by atoms with Gasteiger partial charge in [-0.05, 0) is 24.3 Å². The Morgan fingerprint density at radius 3 is 2.76 bits per heavy atom. The zero-order valence-electron chi connectivity index (χ0n) is 20.9. The van der Waals surface area contributed by atoms with Crippen LogP contribution in [0.5, 0.6) is 5.75 Å². The summed E-state index contributed by atoms with van der Waals surface area (Å²) in [5.41, 5.74) is 6.81. The fraction of sp³-hybridized carbons (Fsp3) is 0.440. The molecule has 1 amide bonds. The molecule has 11 nitrogen and oxygen atoms in total. The number of hydrogen-bond donors (Lipinski definition) is 3. The molecule has 2 fully saturated rings. The Kier molecular flexibility index (Phi) is 7.68. The number of rotatable bonds is 8. The number of hydrogen-bond acceptors (Lipinski definition) is 8. The van der Waals surface area contributed by atoms with Gasteiger partial charge in [-0.2, -0.15) is 9.97 Å². The molecule has 0 saturated carbocycles. The number of halogens is 1. The summed E-state index contributed by atoms with van der Waals surface area (Å²) in [4.78, 5) is 28.1. The van der Waals surface area contributed by atoms with Gasteiger partial charge in [0.15, 0.2) is 6.17 Å². The van der Waals surface area contributed by atoms with E-state index in [2.05, 4.69) is 37.6 Å². The molecule has 0 radical (unpaired) electrons. The van der Waals surface area contributed by atoms with E-state index in [9.17, 15) is 4.79 Å². The van der Waals surface area contributed by atoms with E-state index in [1.54, 1.807) is 30.4 Å². The summed E-state index contributed by atoms with van der Waals surface area (Å²) in [6.07, 6.45) is 5.43. The first-order valence-corrected chi connectivity index (χ1v) is 12.8. The van der Waals surface area contributed by atoms with Gasteiger partial charge in [0.2, 0.25) is 17.7 Å². The SMILES string of the molecule is COc1ccc(C[N+]2(c3cc(Cl)nc(-n4ccnc4)n3)CCNCC2N2CCNCC2CC(N)=O)cc1. The van der Waals surface area contributed by atoms with Gasteiger partial charge in [-0.1, -0.05) is 11.6 Å². The maximum absolute atomic E-state index is 12.0. The van der Waals surface area contributed by atoms with Crippen molar-refractivity contribution in [2.24, 2.45) is 5.73 Å². The van der Waals surface area contributed by atoms with E-state index in [0.717, 1.165) is 49.9 Å². The Morgan fingerprint density at radius 2 is 2.03 bits per heavy atom. The van der Waals surface area contributed by atoms with Crippen LogP contribution in [0.1, 0.15) is 12.0 Å². The number of nitrogens with two attached hydrogens (primary N) is 1. The summed E-state index contributed by atoms with van der Waals surface area (Å²) in [5, 5.41) is 7.38. The molecule has 0 bridgehead atoms. The fourth-order valence-electron chi connectivity index (χ4n) is 5.53. The third kappa shape index (κ3) is 5.46. The van der Waals surface area contributed by atoms with Crippen LogP contribution in [0.2, 0.25) is 5.15 Å². The van der Waals surface area contributed by atoms with Crippen LogP contribution >= 0.6 is 11.6 Å². The number of ether oxygens (including phenoxy) is 1. The van der Waals surface area contributed by atoms with E-state index in [-0.39, 0.29) is 24.5 Å². The van der Waals surface area contributed by atoms with Crippen LogP contribution in [0, 0.1) is 0 Å². The molecule has 3 unspecified atom stereocenters. The highest BCUT2D eigenvalue weighted by molar-refractivity contribution is 6.29. The Labute approximate surface area is 221 Å². The van der Waals surface area contributed by atoms with Crippen molar-refractivity contribution in [2.75, 3.05) is 46.4 Å². The van der Waals surface area contributed by atoms with Gasteiger partial charge < -0.3 is 21.1 Å². The normalized spacial score (nSPS) is 24.6. The van der Waals surface area contributed by atoms with Crippen LogP contribution in [0.15, 0.2) is 49.1 Å². The van der Waals surface area contributed by atoms with Crippen molar-refractivity contribution in [3.63, 3.8) is 0 Å². The molecule has 2 aliphatic heterocycles. The van der Waals surface area contributed by atoms with Crippen molar-refractivity contribution < 1.29 is 9.53 Å². The van der Waals surface area contributed by atoms with E-state index in [1.165, 1.54) is 0 Å². The molecule has 2 aliphatic rings. The van der Waals surface area contributed by atoms with Gasteiger partial charge >= 0.3 is 0 Å². The van der Waals surface area contributed by atoms with Gasteiger partial charge in [0.1, 0.15) is 23.8 Å².